The molecule has 3 heterocycles. The summed E-state index contributed by atoms with van der Waals surface area (Å²) >= 11 is 1.82. The van der Waals surface area contributed by atoms with Gasteiger partial charge in [0.25, 0.3) is 0 Å². The summed E-state index contributed by atoms with van der Waals surface area (Å²) in [5.74, 6) is 0.564. The van der Waals surface area contributed by atoms with E-state index in [1.165, 1.54) is 22.5 Å². The van der Waals surface area contributed by atoms with Crippen molar-refractivity contribution in [2.75, 3.05) is 20.1 Å². The SMILES string of the molecule is CC1CCC=C(c2ccc3sc(C4CCN(C)CC4)nc3c2)N1C(=O)OC(C)(C)C. The first-order chi connectivity index (χ1) is 14.2. The maximum atomic E-state index is 13.0. The van der Waals surface area contributed by atoms with E-state index in [1.807, 2.05) is 37.0 Å². The number of hydrogen-bond donors (Lipinski definition) is 0. The third kappa shape index (κ3) is 4.54. The smallest absolute Gasteiger partial charge is 0.415 e. The molecule has 0 radical (unpaired) electrons. The number of fused-ring (bicyclic) bond motifs is 1. The number of carbonyl (C=O) groups is 1. The third-order valence-corrected chi connectivity index (χ3v) is 7.18. The van der Waals surface area contributed by atoms with Crippen LogP contribution in [-0.4, -0.2) is 52.7 Å². The Morgan fingerprint density at radius 1 is 1.20 bits per heavy atom. The zero-order chi connectivity index (χ0) is 21.5. The van der Waals surface area contributed by atoms with E-state index in [-0.39, 0.29) is 12.1 Å². The van der Waals surface area contributed by atoms with Crippen LogP contribution >= 0.6 is 11.3 Å². The zero-order valence-electron chi connectivity index (χ0n) is 18.8. The van der Waals surface area contributed by atoms with E-state index in [9.17, 15) is 4.79 Å². The fraction of sp³-hybridized carbons (Fsp3) is 0.583. The van der Waals surface area contributed by atoms with Crippen LogP contribution in [0, 0.1) is 0 Å². The van der Waals surface area contributed by atoms with Crippen LogP contribution in [0.5, 0.6) is 0 Å². The Morgan fingerprint density at radius 2 is 1.93 bits per heavy atom. The van der Waals surface area contributed by atoms with Gasteiger partial charge in [0, 0.05) is 17.5 Å². The molecule has 0 N–H and O–H groups in total. The molecule has 2 aromatic rings. The molecule has 1 amide bonds. The van der Waals surface area contributed by atoms with E-state index in [2.05, 4.69) is 43.1 Å². The topological polar surface area (TPSA) is 45.7 Å². The number of likely N-dealkylation sites (tertiary alicyclic amines) is 1. The first-order valence-electron chi connectivity index (χ1n) is 11.0. The van der Waals surface area contributed by atoms with Crippen LogP contribution in [0.15, 0.2) is 24.3 Å². The van der Waals surface area contributed by atoms with Crippen molar-refractivity contribution in [2.24, 2.45) is 0 Å². The lowest BCUT2D eigenvalue weighted by molar-refractivity contribution is 0.0289. The van der Waals surface area contributed by atoms with Gasteiger partial charge in [-0.2, -0.15) is 0 Å². The Bertz CT molecular complexity index is 951. The standard InChI is InChI=1S/C24H33N3O2S/c1-16-7-6-8-20(27(16)23(28)29-24(2,3)4)18-9-10-21-19(15-18)25-22(30-21)17-11-13-26(5)14-12-17/h8-10,15-17H,6-7,11-14H2,1-5H3. The number of benzene rings is 1. The Balaban J connectivity index is 1.62. The second-order valence-corrected chi connectivity index (χ2v) is 10.7. The number of amides is 1. The molecule has 0 bridgehead atoms. The van der Waals surface area contributed by atoms with E-state index in [0.717, 1.165) is 42.7 Å². The molecule has 0 aliphatic carbocycles. The molecule has 5 nitrogen and oxygen atoms in total. The van der Waals surface area contributed by atoms with Crippen molar-refractivity contribution in [3.8, 4) is 0 Å². The highest BCUT2D eigenvalue weighted by Gasteiger charge is 2.31. The highest BCUT2D eigenvalue weighted by Crippen LogP contribution is 2.36. The van der Waals surface area contributed by atoms with Gasteiger partial charge in [0.1, 0.15) is 5.60 Å². The van der Waals surface area contributed by atoms with E-state index < -0.39 is 5.60 Å². The summed E-state index contributed by atoms with van der Waals surface area (Å²) in [6.45, 7) is 10.1. The van der Waals surface area contributed by atoms with E-state index in [0.29, 0.717) is 5.92 Å². The van der Waals surface area contributed by atoms with Gasteiger partial charge in [-0.1, -0.05) is 12.1 Å². The summed E-state index contributed by atoms with van der Waals surface area (Å²) < 4.78 is 6.93. The Kier molecular flexibility index (Phi) is 5.90. The van der Waals surface area contributed by atoms with Crippen LogP contribution in [0.3, 0.4) is 0 Å². The maximum absolute atomic E-state index is 13.0. The molecule has 1 aromatic carbocycles. The first kappa shape index (κ1) is 21.3. The summed E-state index contributed by atoms with van der Waals surface area (Å²) in [6.07, 6.45) is 6.16. The molecular weight excluding hydrogens is 394 g/mol. The molecule has 1 unspecified atom stereocenters. The predicted octanol–water partition coefficient (Wildman–Crippen LogP) is 5.87. The van der Waals surface area contributed by atoms with Gasteiger partial charge in [0.15, 0.2) is 0 Å². The number of allylic oxidation sites excluding steroid dienone is 1. The number of nitrogens with zero attached hydrogens (tertiary/aromatic N) is 3. The second-order valence-electron chi connectivity index (χ2n) is 9.68. The van der Waals surface area contributed by atoms with Crippen molar-refractivity contribution in [1.82, 2.24) is 14.8 Å². The van der Waals surface area contributed by atoms with Gasteiger partial charge in [0.2, 0.25) is 0 Å². The summed E-state index contributed by atoms with van der Waals surface area (Å²) in [6, 6.07) is 6.54. The minimum Gasteiger partial charge on any atom is -0.443 e. The largest absolute Gasteiger partial charge is 0.443 e. The predicted molar refractivity (Wildman–Crippen MR) is 124 cm³/mol. The Morgan fingerprint density at radius 3 is 2.63 bits per heavy atom. The van der Waals surface area contributed by atoms with Gasteiger partial charge >= 0.3 is 6.09 Å². The highest BCUT2D eigenvalue weighted by atomic mass is 32.1. The molecule has 30 heavy (non-hydrogen) atoms. The van der Waals surface area contributed by atoms with Crippen LogP contribution in [0.4, 0.5) is 4.79 Å². The van der Waals surface area contributed by atoms with Crippen LogP contribution in [0.1, 0.15) is 69.9 Å². The molecule has 1 aromatic heterocycles. The van der Waals surface area contributed by atoms with Crippen LogP contribution in [0.2, 0.25) is 0 Å². The fourth-order valence-electron chi connectivity index (χ4n) is 4.31. The van der Waals surface area contributed by atoms with Gasteiger partial charge in [0.05, 0.1) is 20.9 Å². The summed E-state index contributed by atoms with van der Waals surface area (Å²) in [4.78, 5) is 22.2. The van der Waals surface area contributed by atoms with Gasteiger partial charge in [-0.05, 0) is 85.6 Å². The molecule has 1 fully saturated rings. The molecule has 1 saturated heterocycles. The number of aromatic nitrogens is 1. The van der Waals surface area contributed by atoms with Crippen molar-refractivity contribution in [3.63, 3.8) is 0 Å². The number of ether oxygens (including phenoxy) is 1. The molecule has 4 rings (SSSR count). The van der Waals surface area contributed by atoms with Crippen molar-refractivity contribution >= 4 is 33.3 Å². The monoisotopic (exact) mass is 427 g/mol. The van der Waals surface area contributed by atoms with Gasteiger partial charge in [-0.3, -0.25) is 4.90 Å². The summed E-state index contributed by atoms with van der Waals surface area (Å²) in [5, 5.41) is 1.25. The average molecular weight is 428 g/mol. The zero-order valence-corrected chi connectivity index (χ0v) is 19.6. The molecule has 0 saturated carbocycles. The van der Waals surface area contributed by atoms with Crippen molar-refractivity contribution in [1.29, 1.82) is 0 Å². The minimum absolute atomic E-state index is 0.112. The number of hydrogen-bond acceptors (Lipinski definition) is 5. The van der Waals surface area contributed by atoms with E-state index in [4.69, 9.17) is 9.72 Å². The van der Waals surface area contributed by atoms with Crippen molar-refractivity contribution in [3.05, 3.63) is 34.8 Å². The maximum Gasteiger partial charge on any atom is 0.415 e. The van der Waals surface area contributed by atoms with Crippen molar-refractivity contribution < 1.29 is 9.53 Å². The fourth-order valence-corrected chi connectivity index (χ4v) is 5.42. The number of carbonyl (C=O) groups excluding carboxylic acids is 1. The lowest BCUT2D eigenvalue weighted by atomic mass is 9.98. The number of thiazole rings is 1. The Hall–Kier alpha value is -1.92. The average Bonchev–Trinajstić information content (AvgIpc) is 3.10. The Labute approximate surface area is 183 Å². The van der Waals surface area contributed by atoms with Gasteiger partial charge in [-0.25, -0.2) is 9.78 Å². The van der Waals surface area contributed by atoms with Crippen LogP contribution in [-0.2, 0) is 4.74 Å². The molecule has 162 valence electrons. The lowest BCUT2D eigenvalue weighted by Crippen LogP contribution is -2.42. The van der Waals surface area contributed by atoms with Gasteiger partial charge < -0.3 is 9.64 Å². The summed E-state index contributed by atoms with van der Waals surface area (Å²) in [7, 11) is 2.19. The molecule has 2 aliphatic rings. The van der Waals surface area contributed by atoms with Gasteiger partial charge in [-0.15, -0.1) is 11.3 Å². The van der Waals surface area contributed by atoms with E-state index in [1.54, 1.807) is 0 Å². The second kappa shape index (κ2) is 8.31. The first-order valence-corrected chi connectivity index (χ1v) is 11.8. The molecule has 6 heteroatoms. The molecular formula is C24H33N3O2S. The highest BCUT2D eigenvalue weighted by molar-refractivity contribution is 7.18. The van der Waals surface area contributed by atoms with Crippen LogP contribution < -0.4 is 0 Å². The van der Waals surface area contributed by atoms with Crippen LogP contribution in [0.25, 0.3) is 15.9 Å². The number of piperidine rings is 1. The normalized spacial score (nSPS) is 21.7. The summed E-state index contributed by atoms with van der Waals surface area (Å²) in [5.41, 5.74) is 2.51. The third-order valence-electron chi connectivity index (χ3n) is 5.98. The quantitative estimate of drug-likeness (QED) is 0.602. The number of rotatable bonds is 2. The molecule has 0 spiro atoms. The molecule has 1 atom stereocenters. The van der Waals surface area contributed by atoms with Crippen molar-refractivity contribution in [2.45, 2.75) is 70.9 Å². The minimum atomic E-state index is -0.513. The lowest BCUT2D eigenvalue weighted by Gasteiger charge is -2.36. The molecule has 2 aliphatic heterocycles. The van der Waals surface area contributed by atoms with E-state index >= 15 is 0 Å².